The van der Waals surface area contributed by atoms with E-state index in [1.54, 1.807) is 6.08 Å². The minimum atomic E-state index is -0.403. The highest BCUT2D eigenvalue weighted by Crippen LogP contribution is 2.45. The van der Waals surface area contributed by atoms with E-state index in [0.29, 0.717) is 29.3 Å². The van der Waals surface area contributed by atoms with Crippen LogP contribution in [0.25, 0.3) is 6.08 Å². The van der Waals surface area contributed by atoms with Crippen LogP contribution in [0.5, 0.6) is 17.2 Å². The molecule has 6 heteroatoms. The fourth-order valence-corrected chi connectivity index (χ4v) is 5.70. The number of carbonyl (C=O) groups excluding carboxylic acids is 1. The van der Waals surface area contributed by atoms with Gasteiger partial charge in [-0.05, 0) is 41.5 Å². The predicted octanol–water partition coefficient (Wildman–Crippen LogP) is 4.95. The Labute approximate surface area is 167 Å². The van der Waals surface area contributed by atoms with E-state index in [4.69, 9.17) is 14.2 Å². The minimum Gasteiger partial charge on any atom is -0.490 e. The van der Waals surface area contributed by atoms with Gasteiger partial charge >= 0.3 is 5.97 Å². The van der Waals surface area contributed by atoms with Crippen molar-refractivity contribution in [2.75, 3.05) is 24.7 Å². The molecule has 0 bridgehead atoms. The molecule has 4 rings (SSSR count). The van der Waals surface area contributed by atoms with E-state index in [0.717, 1.165) is 17.7 Å². The first-order chi connectivity index (χ1) is 13.3. The lowest BCUT2D eigenvalue weighted by Gasteiger charge is -2.09. The number of thioether (sulfide) groups is 2. The van der Waals surface area contributed by atoms with Crippen molar-refractivity contribution in [2.45, 2.75) is 11.0 Å². The topological polar surface area (TPSA) is 44.8 Å². The van der Waals surface area contributed by atoms with E-state index < -0.39 is 5.97 Å². The predicted molar refractivity (Wildman–Crippen MR) is 111 cm³/mol. The zero-order chi connectivity index (χ0) is 18.5. The molecule has 2 aliphatic heterocycles. The van der Waals surface area contributed by atoms with Gasteiger partial charge in [0.1, 0.15) is 5.75 Å². The third kappa shape index (κ3) is 4.82. The van der Waals surface area contributed by atoms with Crippen molar-refractivity contribution in [3.05, 3.63) is 59.7 Å². The monoisotopic (exact) mass is 400 g/mol. The summed E-state index contributed by atoms with van der Waals surface area (Å²) >= 11 is 3.91. The van der Waals surface area contributed by atoms with Crippen molar-refractivity contribution in [3.63, 3.8) is 0 Å². The molecule has 0 aromatic heterocycles. The van der Waals surface area contributed by atoms with Gasteiger partial charge in [-0.2, -0.15) is 0 Å². The van der Waals surface area contributed by atoms with Crippen LogP contribution >= 0.6 is 23.5 Å². The smallest absolute Gasteiger partial charge is 0.336 e. The van der Waals surface area contributed by atoms with Gasteiger partial charge in [0.25, 0.3) is 0 Å². The molecule has 1 saturated heterocycles. The fourth-order valence-electron chi connectivity index (χ4n) is 2.84. The highest BCUT2D eigenvalue weighted by atomic mass is 32.2. The summed E-state index contributed by atoms with van der Waals surface area (Å²) in [6.07, 6.45) is 4.01. The normalized spacial score (nSPS) is 17.0. The van der Waals surface area contributed by atoms with Crippen LogP contribution in [-0.4, -0.2) is 30.7 Å². The summed E-state index contributed by atoms with van der Waals surface area (Å²) in [5.41, 5.74) is 2.13. The van der Waals surface area contributed by atoms with Gasteiger partial charge in [-0.15, -0.1) is 23.5 Å². The maximum atomic E-state index is 12.1. The van der Waals surface area contributed by atoms with E-state index in [1.165, 1.54) is 23.1 Å². The first kappa shape index (κ1) is 18.3. The number of esters is 1. The van der Waals surface area contributed by atoms with Gasteiger partial charge in [0.15, 0.2) is 11.5 Å². The van der Waals surface area contributed by atoms with Gasteiger partial charge in [-0.3, -0.25) is 0 Å². The Kier molecular flexibility index (Phi) is 5.94. The largest absolute Gasteiger partial charge is 0.490 e. The summed E-state index contributed by atoms with van der Waals surface area (Å²) in [6.45, 7) is 1.29. The fraction of sp³-hybridized carbons (Fsp3) is 0.286. The molecule has 0 radical (unpaired) electrons. The van der Waals surface area contributed by atoms with Gasteiger partial charge < -0.3 is 14.2 Å². The van der Waals surface area contributed by atoms with Crippen molar-refractivity contribution < 1.29 is 19.0 Å². The van der Waals surface area contributed by atoms with E-state index in [-0.39, 0.29) is 0 Å². The summed E-state index contributed by atoms with van der Waals surface area (Å²) in [7, 11) is 0. The highest BCUT2D eigenvalue weighted by molar-refractivity contribution is 8.19. The Morgan fingerprint density at radius 2 is 1.74 bits per heavy atom. The van der Waals surface area contributed by atoms with Crippen LogP contribution < -0.4 is 14.2 Å². The van der Waals surface area contributed by atoms with Crippen molar-refractivity contribution in [3.8, 4) is 17.2 Å². The molecule has 140 valence electrons. The Balaban J connectivity index is 1.36. The SMILES string of the molecule is O=C(/C=C/c1ccc2c(c1)OCCCO2)Oc1ccc(C2SCCS2)cc1. The Hall–Kier alpha value is -2.05. The van der Waals surface area contributed by atoms with Crippen molar-refractivity contribution >= 4 is 35.6 Å². The summed E-state index contributed by atoms with van der Waals surface area (Å²) < 4.78 is 17.2. The number of benzene rings is 2. The van der Waals surface area contributed by atoms with Crippen LogP contribution in [-0.2, 0) is 4.79 Å². The molecule has 0 aliphatic carbocycles. The lowest BCUT2D eigenvalue weighted by Crippen LogP contribution is -2.03. The summed E-state index contributed by atoms with van der Waals surface area (Å²) in [5, 5.41) is 0. The number of carbonyl (C=O) groups is 1. The van der Waals surface area contributed by atoms with Crippen molar-refractivity contribution in [1.82, 2.24) is 0 Å². The van der Waals surface area contributed by atoms with Crippen LogP contribution in [0.1, 0.15) is 22.1 Å². The second-order valence-electron chi connectivity index (χ2n) is 6.15. The van der Waals surface area contributed by atoms with Crippen molar-refractivity contribution in [1.29, 1.82) is 0 Å². The Morgan fingerprint density at radius 1 is 1.00 bits per heavy atom. The van der Waals surface area contributed by atoms with Crippen LogP contribution in [0.2, 0.25) is 0 Å². The third-order valence-electron chi connectivity index (χ3n) is 4.18. The second kappa shape index (κ2) is 8.76. The molecule has 2 heterocycles. The zero-order valence-corrected chi connectivity index (χ0v) is 16.4. The Bertz CT molecular complexity index is 827. The molecular formula is C21H20O4S2. The molecule has 2 aromatic carbocycles. The summed E-state index contributed by atoms with van der Waals surface area (Å²) in [4.78, 5) is 12.1. The van der Waals surface area contributed by atoms with Gasteiger partial charge in [0.05, 0.1) is 17.8 Å². The van der Waals surface area contributed by atoms with E-state index >= 15 is 0 Å². The van der Waals surface area contributed by atoms with E-state index in [9.17, 15) is 4.79 Å². The van der Waals surface area contributed by atoms with Crippen LogP contribution in [0, 0.1) is 0 Å². The molecule has 1 fully saturated rings. The highest BCUT2D eigenvalue weighted by Gasteiger charge is 2.18. The molecule has 4 nitrogen and oxygen atoms in total. The molecule has 0 N–H and O–H groups in total. The molecule has 2 aliphatic rings. The quantitative estimate of drug-likeness (QED) is 0.411. The van der Waals surface area contributed by atoms with Crippen molar-refractivity contribution in [2.24, 2.45) is 0 Å². The Morgan fingerprint density at radius 3 is 2.52 bits per heavy atom. The van der Waals surface area contributed by atoms with E-state index in [2.05, 4.69) is 0 Å². The molecular weight excluding hydrogens is 380 g/mol. The second-order valence-corrected chi connectivity index (χ2v) is 8.88. The standard InChI is InChI=1S/C21H20O4S2/c22-20(25-17-6-4-16(5-7-17)21-26-12-13-27-21)9-3-15-2-8-18-19(14-15)24-11-1-10-23-18/h2-9,14,21H,1,10-13H2/b9-3+. The number of hydrogen-bond acceptors (Lipinski definition) is 6. The molecule has 27 heavy (non-hydrogen) atoms. The van der Waals surface area contributed by atoms with Gasteiger partial charge in [-0.25, -0.2) is 4.79 Å². The van der Waals surface area contributed by atoms with Gasteiger partial charge in [0, 0.05) is 24.0 Å². The average molecular weight is 401 g/mol. The molecule has 0 unspecified atom stereocenters. The third-order valence-corrected chi connectivity index (χ3v) is 7.28. The maximum Gasteiger partial charge on any atom is 0.336 e. The van der Waals surface area contributed by atoms with Crippen LogP contribution in [0.3, 0.4) is 0 Å². The summed E-state index contributed by atoms with van der Waals surface area (Å²) in [5.74, 6) is 3.99. The van der Waals surface area contributed by atoms with Gasteiger partial charge in [-0.1, -0.05) is 18.2 Å². The molecule has 2 aromatic rings. The van der Waals surface area contributed by atoms with E-state index in [1.807, 2.05) is 66.0 Å². The average Bonchev–Trinajstić information content (AvgIpc) is 3.13. The number of rotatable bonds is 4. The first-order valence-electron chi connectivity index (χ1n) is 8.91. The number of hydrogen-bond donors (Lipinski definition) is 0. The maximum absolute atomic E-state index is 12.1. The molecule has 0 amide bonds. The number of fused-ring (bicyclic) bond motifs is 1. The molecule has 0 spiro atoms. The number of ether oxygens (including phenoxy) is 3. The van der Waals surface area contributed by atoms with Crippen LogP contribution in [0.15, 0.2) is 48.5 Å². The molecule has 0 saturated carbocycles. The molecule has 0 atom stereocenters. The first-order valence-corrected chi connectivity index (χ1v) is 11.0. The summed E-state index contributed by atoms with van der Waals surface area (Å²) in [6, 6.07) is 13.4. The lowest BCUT2D eigenvalue weighted by molar-refractivity contribution is -0.128. The van der Waals surface area contributed by atoms with Crippen LogP contribution in [0.4, 0.5) is 0 Å². The van der Waals surface area contributed by atoms with Gasteiger partial charge in [0.2, 0.25) is 0 Å². The minimum absolute atomic E-state index is 0.403. The zero-order valence-electron chi connectivity index (χ0n) is 14.8. The lowest BCUT2D eigenvalue weighted by atomic mass is 10.2.